The molecule has 2 atom stereocenters. The SMILES string of the molecule is O=C(CN1C(=O)NC(CS(=O)(=O)c2ccccc2)C1O)c1ccc(-c2cccc(C(F)(F)F)c2)cc1. The minimum absolute atomic E-state index is 0.0434. The molecule has 0 bridgehead atoms. The summed E-state index contributed by atoms with van der Waals surface area (Å²) in [5.41, 5.74) is 0.160. The van der Waals surface area contributed by atoms with Crippen molar-refractivity contribution in [3.05, 3.63) is 90.0 Å². The van der Waals surface area contributed by atoms with Gasteiger partial charge in [-0.25, -0.2) is 13.2 Å². The number of carbonyl (C=O) groups is 2. The molecular formula is C25H21F3N2O5S. The highest BCUT2D eigenvalue weighted by Crippen LogP contribution is 2.32. The molecule has 2 unspecified atom stereocenters. The Labute approximate surface area is 205 Å². The van der Waals surface area contributed by atoms with Gasteiger partial charge in [0.1, 0.15) is 0 Å². The normalized spacial score (nSPS) is 18.2. The fourth-order valence-corrected chi connectivity index (χ4v) is 5.37. The molecule has 36 heavy (non-hydrogen) atoms. The van der Waals surface area contributed by atoms with Gasteiger partial charge in [0, 0.05) is 5.56 Å². The van der Waals surface area contributed by atoms with Gasteiger partial charge in [-0.05, 0) is 35.4 Å². The molecule has 7 nitrogen and oxygen atoms in total. The molecule has 2 N–H and O–H groups in total. The lowest BCUT2D eigenvalue weighted by Crippen LogP contribution is -2.42. The van der Waals surface area contributed by atoms with E-state index in [9.17, 15) is 36.3 Å². The van der Waals surface area contributed by atoms with Crippen molar-refractivity contribution in [2.75, 3.05) is 12.3 Å². The number of urea groups is 1. The second-order valence-corrected chi connectivity index (χ2v) is 10.3. The number of aliphatic hydroxyl groups excluding tert-OH is 1. The van der Waals surface area contributed by atoms with Gasteiger partial charge < -0.3 is 10.4 Å². The second-order valence-electron chi connectivity index (χ2n) is 8.27. The Morgan fingerprint density at radius 3 is 2.25 bits per heavy atom. The van der Waals surface area contributed by atoms with E-state index in [4.69, 9.17) is 0 Å². The quantitative estimate of drug-likeness (QED) is 0.464. The number of ketones is 1. The van der Waals surface area contributed by atoms with Gasteiger partial charge in [-0.3, -0.25) is 9.69 Å². The number of sulfone groups is 1. The summed E-state index contributed by atoms with van der Waals surface area (Å²) in [5.74, 6) is -1.09. The molecule has 0 saturated carbocycles. The molecule has 1 aliphatic rings. The van der Waals surface area contributed by atoms with Crippen LogP contribution in [0.2, 0.25) is 0 Å². The largest absolute Gasteiger partial charge is 0.416 e. The zero-order valence-electron chi connectivity index (χ0n) is 18.6. The number of hydrogen-bond acceptors (Lipinski definition) is 5. The van der Waals surface area contributed by atoms with Crippen LogP contribution >= 0.6 is 0 Å². The number of carbonyl (C=O) groups excluding carboxylic acids is 2. The number of nitrogens with zero attached hydrogens (tertiary/aromatic N) is 1. The van der Waals surface area contributed by atoms with Crippen molar-refractivity contribution in [3.63, 3.8) is 0 Å². The third-order valence-electron chi connectivity index (χ3n) is 5.79. The Morgan fingerprint density at radius 2 is 1.61 bits per heavy atom. The smallest absolute Gasteiger partial charge is 0.371 e. The lowest BCUT2D eigenvalue weighted by atomic mass is 10.0. The number of rotatable bonds is 7. The zero-order chi connectivity index (χ0) is 26.1. The van der Waals surface area contributed by atoms with Crippen LogP contribution in [0, 0.1) is 0 Å². The number of aliphatic hydroxyl groups is 1. The topological polar surface area (TPSA) is 104 Å². The first kappa shape index (κ1) is 25.4. The Bertz CT molecular complexity index is 1380. The highest BCUT2D eigenvalue weighted by molar-refractivity contribution is 7.91. The van der Waals surface area contributed by atoms with Crippen molar-refractivity contribution in [1.82, 2.24) is 10.2 Å². The van der Waals surface area contributed by atoms with E-state index in [-0.39, 0.29) is 10.5 Å². The van der Waals surface area contributed by atoms with E-state index in [2.05, 4.69) is 5.32 Å². The molecule has 3 aromatic rings. The molecule has 188 valence electrons. The lowest BCUT2D eigenvalue weighted by molar-refractivity contribution is -0.137. The van der Waals surface area contributed by atoms with E-state index in [0.717, 1.165) is 17.0 Å². The molecular weight excluding hydrogens is 497 g/mol. The van der Waals surface area contributed by atoms with Crippen LogP contribution < -0.4 is 5.32 Å². The summed E-state index contributed by atoms with van der Waals surface area (Å²) >= 11 is 0. The number of amides is 2. The van der Waals surface area contributed by atoms with Gasteiger partial charge in [0.2, 0.25) is 0 Å². The van der Waals surface area contributed by atoms with E-state index < -0.39 is 58.0 Å². The second kappa shape index (κ2) is 9.75. The average molecular weight is 519 g/mol. The molecule has 1 saturated heterocycles. The Morgan fingerprint density at radius 1 is 0.944 bits per heavy atom. The lowest BCUT2D eigenvalue weighted by Gasteiger charge is -2.21. The van der Waals surface area contributed by atoms with Crippen molar-refractivity contribution < 1.29 is 36.3 Å². The predicted octanol–water partition coefficient (Wildman–Crippen LogP) is 3.74. The van der Waals surface area contributed by atoms with Crippen LogP contribution in [0.5, 0.6) is 0 Å². The third kappa shape index (κ3) is 5.42. The van der Waals surface area contributed by atoms with Crippen molar-refractivity contribution in [3.8, 4) is 11.1 Å². The van der Waals surface area contributed by atoms with Crippen molar-refractivity contribution >= 4 is 21.7 Å². The van der Waals surface area contributed by atoms with Crippen LogP contribution in [0.3, 0.4) is 0 Å². The van der Waals surface area contributed by atoms with Crippen LogP contribution in [-0.4, -0.2) is 54.8 Å². The Balaban J connectivity index is 1.44. The molecule has 0 spiro atoms. The maximum Gasteiger partial charge on any atom is 0.416 e. The summed E-state index contributed by atoms with van der Waals surface area (Å²) in [6, 6.07) is 16.2. The van der Waals surface area contributed by atoms with Crippen LogP contribution in [0.1, 0.15) is 15.9 Å². The van der Waals surface area contributed by atoms with E-state index >= 15 is 0 Å². The van der Waals surface area contributed by atoms with Gasteiger partial charge in [-0.1, -0.05) is 54.6 Å². The molecule has 0 radical (unpaired) electrons. The summed E-state index contributed by atoms with van der Waals surface area (Å²) in [7, 11) is -3.80. The summed E-state index contributed by atoms with van der Waals surface area (Å²) in [6.45, 7) is -0.516. The number of Topliss-reactive ketones (excluding diaryl/α,β-unsaturated/α-hetero) is 1. The van der Waals surface area contributed by atoms with Gasteiger partial charge in [-0.2, -0.15) is 13.2 Å². The molecule has 3 aromatic carbocycles. The van der Waals surface area contributed by atoms with Crippen LogP contribution in [0.15, 0.2) is 83.8 Å². The first-order valence-electron chi connectivity index (χ1n) is 10.8. The van der Waals surface area contributed by atoms with Gasteiger partial charge in [0.05, 0.1) is 28.8 Å². The number of benzene rings is 3. The van der Waals surface area contributed by atoms with Gasteiger partial charge in [0.15, 0.2) is 21.8 Å². The number of nitrogens with one attached hydrogen (secondary N) is 1. The molecule has 0 aromatic heterocycles. The Kier molecular flexibility index (Phi) is 6.87. The fourth-order valence-electron chi connectivity index (χ4n) is 3.88. The highest BCUT2D eigenvalue weighted by atomic mass is 32.2. The summed E-state index contributed by atoms with van der Waals surface area (Å²) in [6.07, 6.45) is -6.04. The maximum absolute atomic E-state index is 13.0. The minimum Gasteiger partial charge on any atom is -0.371 e. The molecule has 1 heterocycles. The zero-order valence-corrected chi connectivity index (χ0v) is 19.5. The van der Waals surface area contributed by atoms with Crippen molar-refractivity contribution in [2.24, 2.45) is 0 Å². The van der Waals surface area contributed by atoms with Gasteiger partial charge in [0.25, 0.3) is 0 Å². The van der Waals surface area contributed by atoms with Crippen molar-refractivity contribution in [1.29, 1.82) is 0 Å². The van der Waals surface area contributed by atoms with E-state index in [1.165, 1.54) is 48.5 Å². The number of hydrogen-bond donors (Lipinski definition) is 2. The highest BCUT2D eigenvalue weighted by Gasteiger charge is 2.41. The van der Waals surface area contributed by atoms with Crippen molar-refractivity contribution in [2.45, 2.75) is 23.3 Å². The summed E-state index contributed by atoms with van der Waals surface area (Å²) in [5, 5.41) is 12.9. The number of halogens is 3. The van der Waals surface area contributed by atoms with Gasteiger partial charge >= 0.3 is 12.2 Å². The third-order valence-corrected chi connectivity index (χ3v) is 7.58. The standard InChI is InChI=1S/C25H21F3N2O5S/c26-25(27,28)19-6-4-5-18(13-19)16-9-11-17(12-10-16)22(31)14-30-23(32)21(29-24(30)33)15-36(34,35)20-7-2-1-3-8-20/h1-13,21,23,32H,14-15H2,(H,29,33). The fraction of sp³-hybridized carbons (Fsp3) is 0.200. The molecule has 11 heteroatoms. The van der Waals surface area contributed by atoms with Crippen LogP contribution in [0.4, 0.5) is 18.0 Å². The first-order valence-corrected chi connectivity index (χ1v) is 12.4. The average Bonchev–Trinajstić information content (AvgIpc) is 3.11. The van der Waals surface area contributed by atoms with Crippen LogP contribution in [0.25, 0.3) is 11.1 Å². The predicted molar refractivity (Wildman–Crippen MR) is 125 cm³/mol. The number of alkyl halides is 3. The summed E-state index contributed by atoms with van der Waals surface area (Å²) < 4.78 is 64.1. The Hall–Kier alpha value is -3.70. The van der Waals surface area contributed by atoms with E-state index in [1.807, 2.05) is 0 Å². The summed E-state index contributed by atoms with van der Waals surface area (Å²) in [4.78, 5) is 26.0. The molecule has 1 aliphatic heterocycles. The molecule has 1 fully saturated rings. The molecule has 4 rings (SSSR count). The minimum atomic E-state index is -4.48. The molecule has 2 amide bonds. The van der Waals surface area contributed by atoms with E-state index in [1.54, 1.807) is 18.2 Å². The maximum atomic E-state index is 13.0. The van der Waals surface area contributed by atoms with Crippen LogP contribution in [-0.2, 0) is 16.0 Å². The monoisotopic (exact) mass is 518 g/mol. The molecule has 0 aliphatic carbocycles. The van der Waals surface area contributed by atoms with Gasteiger partial charge in [-0.15, -0.1) is 0 Å². The van der Waals surface area contributed by atoms with E-state index in [0.29, 0.717) is 11.1 Å². The first-order chi connectivity index (χ1) is 17.0.